The van der Waals surface area contributed by atoms with Crippen LogP contribution < -0.4 is 10.5 Å². The first-order valence-electron chi connectivity index (χ1n) is 9.66. The standard InChI is InChI=1S/C20H27N4O7PS/c1-13(24(12-25)11-16-10-22-14(2)23-19(16)21)18(8-9-31-32(27,28)29)33-20(26)15-4-6-17(30-3)7-5-15/h4-7,10,12,26,33H,8-9,11H2,1-3H3,(H2,21,22,23)(H2,27,28,29)/b18-13-. The highest BCUT2D eigenvalue weighted by atomic mass is 32.1. The van der Waals surface area contributed by atoms with Crippen molar-refractivity contribution in [2.45, 2.75) is 26.8 Å². The number of aryl methyl sites for hydroxylation is 1. The zero-order valence-corrected chi connectivity index (χ0v) is 20.2. The summed E-state index contributed by atoms with van der Waals surface area (Å²) >= 11 is 0.329. The minimum Gasteiger partial charge on any atom is -0.497 e. The Morgan fingerprint density at radius 2 is 1.97 bits per heavy atom. The zero-order valence-electron chi connectivity index (χ0n) is 18.4. The number of carbonyl (C=O) groups excluding carboxylic acids is 1. The number of aliphatic hydroxyl groups is 1. The number of ether oxygens (including phenoxy) is 1. The van der Waals surface area contributed by atoms with Crippen LogP contribution in [0.3, 0.4) is 0 Å². The number of rotatable bonds is 11. The molecule has 0 atom stereocenters. The van der Waals surface area contributed by atoms with Gasteiger partial charge in [-0.05, 0) is 38.1 Å². The highest BCUT2D eigenvalue weighted by Crippen LogP contribution is 2.36. The van der Waals surface area contributed by atoms with Gasteiger partial charge >= 0.3 is 7.82 Å². The number of carbonyl (C=O) groups is 1. The number of aliphatic hydroxyl groups excluding tert-OH is 1. The second-order valence-electron chi connectivity index (χ2n) is 6.83. The highest BCUT2D eigenvalue weighted by Gasteiger charge is 2.17. The molecule has 5 N–H and O–H groups in total. The first-order valence-corrected chi connectivity index (χ1v) is 12.1. The summed E-state index contributed by atoms with van der Waals surface area (Å²) in [6.07, 6.45) is 2.16. The second kappa shape index (κ2) is 12.0. The van der Waals surface area contributed by atoms with E-state index in [9.17, 15) is 14.5 Å². The van der Waals surface area contributed by atoms with Gasteiger partial charge in [0, 0.05) is 34.3 Å². The van der Waals surface area contributed by atoms with Crippen molar-refractivity contribution >= 4 is 36.5 Å². The SMILES string of the molecule is COc1ccc(/C(O)=[SH]/C(CCOP(=O)(O)O)=C(/C)N(C=O)Cc2cnc(C)nc2N)cc1. The Balaban J connectivity index is 2.40. The largest absolute Gasteiger partial charge is 0.497 e. The lowest BCUT2D eigenvalue weighted by Crippen LogP contribution is -2.22. The number of aromatic nitrogens is 2. The number of nitrogens with two attached hydrogens (primary N) is 1. The molecule has 0 saturated carbocycles. The second-order valence-corrected chi connectivity index (χ2v) is 9.26. The van der Waals surface area contributed by atoms with Gasteiger partial charge in [-0.2, -0.15) is 0 Å². The Morgan fingerprint density at radius 3 is 2.52 bits per heavy atom. The van der Waals surface area contributed by atoms with Gasteiger partial charge < -0.3 is 30.3 Å². The van der Waals surface area contributed by atoms with Crippen LogP contribution in [0.15, 0.2) is 41.1 Å². The molecule has 0 aliphatic heterocycles. The number of nitrogen functional groups attached to an aromatic ring is 1. The predicted octanol–water partition coefficient (Wildman–Crippen LogP) is 2.27. The number of phosphoric acid groups is 1. The fourth-order valence-electron chi connectivity index (χ4n) is 2.73. The highest BCUT2D eigenvalue weighted by molar-refractivity contribution is 8.02. The van der Waals surface area contributed by atoms with Gasteiger partial charge in [-0.15, -0.1) is 11.4 Å². The molecule has 0 aliphatic carbocycles. The Labute approximate surface area is 195 Å². The number of benzene rings is 1. The number of hydrogen-bond acceptors (Lipinski definition) is 7. The van der Waals surface area contributed by atoms with E-state index in [4.69, 9.17) is 20.3 Å². The quantitative estimate of drug-likeness (QED) is 0.134. The molecule has 0 radical (unpaired) electrons. The van der Waals surface area contributed by atoms with Crippen molar-refractivity contribution in [1.82, 2.24) is 14.9 Å². The number of amides is 1. The summed E-state index contributed by atoms with van der Waals surface area (Å²) in [7, 11) is -3.15. The summed E-state index contributed by atoms with van der Waals surface area (Å²) in [5.41, 5.74) is 7.44. The Morgan fingerprint density at radius 1 is 1.30 bits per heavy atom. The van der Waals surface area contributed by atoms with E-state index in [0.29, 0.717) is 51.1 Å². The third-order valence-corrected chi connectivity index (χ3v) is 6.33. The molecular weight excluding hydrogens is 471 g/mol. The van der Waals surface area contributed by atoms with Crippen LogP contribution in [0.25, 0.3) is 0 Å². The number of allylic oxidation sites excluding steroid dienone is 1. The average molecular weight is 498 g/mol. The lowest BCUT2D eigenvalue weighted by atomic mass is 10.2. The monoisotopic (exact) mass is 498 g/mol. The summed E-state index contributed by atoms with van der Waals surface area (Å²) in [5.74, 6) is 1.35. The fraction of sp³-hybridized carbons (Fsp3) is 0.300. The van der Waals surface area contributed by atoms with Gasteiger partial charge in [-0.1, -0.05) is 0 Å². The third kappa shape index (κ3) is 8.35. The Hall–Kier alpha value is -2.60. The number of thiol groups is 1. The number of methoxy groups -OCH3 is 1. The van der Waals surface area contributed by atoms with Gasteiger partial charge in [0.25, 0.3) is 0 Å². The first-order chi connectivity index (χ1) is 15.5. The molecule has 0 fully saturated rings. The normalized spacial score (nSPS) is 13.1. The molecule has 1 amide bonds. The molecule has 0 saturated heterocycles. The summed E-state index contributed by atoms with van der Waals surface area (Å²) in [4.78, 5) is 39.9. The van der Waals surface area contributed by atoms with Crippen LogP contribution in [-0.2, 0) is 20.4 Å². The van der Waals surface area contributed by atoms with Crippen molar-refractivity contribution in [3.63, 3.8) is 0 Å². The van der Waals surface area contributed by atoms with Crippen LogP contribution in [0.5, 0.6) is 5.75 Å². The molecule has 2 aromatic rings. The maximum absolute atomic E-state index is 11.9. The van der Waals surface area contributed by atoms with Gasteiger partial charge in [0.1, 0.15) is 22.4 Å². The van der Waals surface area contributed by atoms with E-state index >= 15 is 0 Å². The fourth-order valence-corrected chi connectivity index (χ4v) is 4.09. The zero-order chi connectivity index (χ0) is 24.6. The predicted molar refractivity (Wildman–Crippen MR) is 127 cm³/mol. The molecule has 0 unspecified atom stereocenters. The van der Waals surface area contributed by atoms with Gasteiger partial charge in [0.05, 0.1) is 20.3 Å². The van der Waals surface area contributed by atoms with E-state index in [1.54, 1.807) is 38.1 Å². The smallest absolute Gasteiger partial charge is 0.469 e. The summed E-state index contributed by atoms with van der Waals surface area (Å²) in [6, 6.07) is 6.71. The van der Waals surface area contributed by atoms with Crippen molar-refractivity contribution in [2.24, 2.45) is 0 Å². The lowest BCUT2D eigenvalue weighted by molar-refractivity contribution is -0.116. The van der Waals surface area contributed by atoms with Crippen molar-refractivity contribution < 1.29 is 33.5 Å². The number of anilines is 1. The van der Waals surface area contributed by atoms with Crippen LogP contribution in [0.1, 0.15) is 30.3 Å². The maximum Gasteiger partial charge on any atom is 0.469 e. The molecule has 0 bridgehead atoms. The lowest BCUT2D eigenvalue weighted by Gasteiger charge is -2.22. The summed E-state index contributed by atoms with van der Waals surface area (Å²) < 4.78 is 20.8. The minimum atomic E-state index is -4.68. The minimum absolute atomic E-state index is 0.0211. The van der Waals surface area contributed by atoms with Crippen LogP contribution >= 0.6 is 19.2 Å². The van der Waals surface area contributed by atoms with Crippen LogP contribution in [0.4, 0.5) is 5.82 Å². The van der Waals surface area contributed by atoms with E-state index in [1.807, 2.05) is 0 Å². The molecule has 1 aromatic carbocycles. The molecule has 13 heteroatoms. The maximum atomic E-state index is 11.9. The van der Waals surface area contributed by atoms with Crippen LogP contribution in [-0.4, -0.2) is 54.9 Å². The number of hydrogen-bond donors (Lipinski definition) is 5. The van der Waals surface area contributed by atoms with Gasteiger partial charge in [-0.3, -0.25) is 9.32 Å². The number of phosphoric ester groups is 1. The van der Waals surface area contributed by atoms with Crippen molar-refractivity contribution in [3.05, 3.63) is 58.0 Å². The van der Waals surface area contributed by atoms with Crippen molar-refractivity contribution in [1.29, 1.82) is 0 Å². The Bertz CT molecular complexity index is 1090. The molecule has 33 heavy (non-hydrogen) atoms. The van der Waals surface area contributed by atoms with Crippen LogP contribution in [0.2, 0.25) is 0 Å². The molecule has 180 valence electrons. The molecule has 0 aliphatic rings. The van der Waals surface area contributed by atoms with E-state index in [1.165, 1.54) is 18.2 Å². The van der Waals surface area contributed by atoms with Gasteiger partial charge in [0.15, 0.2) is 0 Å². The van der Waals surface area contributed by atoms with E-state index in [-0.39, 0.29) is 30.4 Å². The average Bonchev–Trinajstić information content (AvgIpc) is 2.76. The number of nitrogens with zero attached hydrogens (tertiary/aromatic N) is 3. The summed E-state index contributed by atoms with van der Waals surface area (Å²) in [5, 5.41) is 10.6. The van der Waals surface area contributed by atoms with E-state index in [2.05, 4.69) is 14.5 Å². The molecular formula is C20H27N4O7PS. The molecule has 1 heterocycles. The van der Waals surface area contributed by atoms with Gasteiger partial charge in [-0.25, -0.2) is 14.5 Å². The molecule has 11 nitrogen and oxygen atoms in total. The van der Waals surface area contributed by atoms with Gasteiger partial charge in [0.2, 0.25) is 6.41 Å². The van der Waals surface area contributed by atoms with Crippen molar-refractivity contribution in [3.8, 4) is 5.75 Å². The van der Waals surface area contributed by atoms with Crippen molar-refractivity contribution in [2.75, 3.05) is 19.5 Å². The molecule has 0 spiro atoms. The van der Waals surface area contributed by atoms with Crippen LogP contribution in [0, 0.1) is 6.92 Å². The van der Waals surface area contributed by atoms with E-state index < -0.39 is 7.82 Å². The molecule has 2 rings (SSSR count). The molecule has 1 aromatic heterocycles. The first kappa shape index (κ1) is 26.7. The summed E-state index contributed by atoms with van der Waals surface area (Å²) in [6.45, 7) is 3.10. The Kier molecular flexibility index (Phi) is 9.71. The van der Waals surface area contributed by atoms with E-state index in [0.717, 1.165) is 0 Å². The third-order valence-electron chi connectivity index (χ3n) is 4.52. The topological polar surface area (TPSA) is 168 Å².